The van der Waals surface area contributed by atoms with E-state index in [-0.39, 0.29) is 11.9 Å². The van der Waals surface area contributed by atoms with Crippen LogP contribution in [-0.2, 0) is 0 Å². The number of nitrogen functional groups attached to an aromatic ring is 1. The molecule has 0 aliphatic carbocycles. The molecule has 0 saturated heterocycles. The standard InChI is InChI=1S/C14H14ClN3O/c1-9(13-4-2-3-7-17-13)18-14(19)11-8-10(16)5-6-12(11)15/h2-9H,16H2,1H3,(H,18,19). The van der Waals surface area contributed by atoms with Crippen molar-refractivity contribution in [1.82, 2.24) is 10.3 Å². The summed E-state index contributed by atoms with van der Waals surface area (Å²) >= 11 is 5.99. The van der Waals surface area contributed by atoms with Gasteiger partial charge in [0.05, 0.1) is 22.3 Å². The average molecular weight is 276 g/mol. The molecule has 2 rings (SSSR count). The van der Waals surface area contributed by atoms with E-state index in [1.807, 2.05) is 25.1 Å². The van der Waals surface area contributed by atoms with Crippen LogP contribution in [0.15, 0.2) is 42.6 Å². The lowest BCUT2D eigenvalue weighted by Crippen LogP contribution is -2.27. The first-order valence-corrected chi connectivity index (χ1v) is 6.22. The largest absolute Gasteiger partial charge is 0.399 e. The summed E-state index contributed by atoms with van der Waals surface area (Å²) in [5, 5.41) is 3.21. The molecule has 0 radical (unpaired) electrons. The quantitative estimate of drug-likeness (QED) is 0.847. The zero-order chi connectivity index (χ0) is 13.8. The Morgan fingerprint density at radius 2 is 2.16 bits per heavy atom. The second-order valence-corrected chi connectivity index (χ2v) is 4.60. The number of aromatic nitrogens is 1. The van der Waals surface area contributed by atoms with E-state index >= 15 is 0 Å². The van der Waals surface area contributed by atoms with Gasteiger partial charge in [0, 0.05) is 11.9 Å². The van der Waals surface area contributed by atoms with Crippen LogP contribution in [-0.4, -0.2) is 10.9 Å². The van der Waals surface area contributed by atoms with E-state index in [4.69, 9.17) is 17.3 Å². The molecule has 0 fully saturated rings. The molecule has 0 bridgehead atoms. The molecule has 1 aromatic heterocycles. The molecule has 5 heteroatoms. The number of nitrogens with one attached hydrogen (secondary N) is 1. The summed E-state index contributed by atoms with van der Waals surface area (Å²) in [5.74, 6) is -0.268. The third-order valence-corrected chi connectivity index (χ3v) is 3.04. The summed E-state index contributed by atoms with van der Waals surface area (Å²) in [5.41, 5.74) is 7.31. The molecule has 0 saturated carbocycles. The molecule has 1 amide bonds. The van der Waals surface area contributed by atoms with Crippen LogP contribution in [0.4, 0.5) is 5.69 Å². The second kappa shape index (κ2) is 5.71. The topological polar surface area (TPSA) is 68.0 Å². The number of benzene rings is 1. The van der Waals surface area contributed by atoms with Crippen LogP contribution in [0.5, 0.6) is 0 Å². The first-order valence-electron chi connectivity index (χ1n) is 5.84. The molecule has 0 aliphatic heterocycles. The highest BCUT2D eigenvalue weighted by Crippen LogP contribution is 2.20. The van der Waals surface area contributed by atoms with Gasteiger partial charge in [-0.25, -0.2) is 0 Å². The molecule has 0 spiro atoms. The van der Waals surface area contributed by atoms with Crippen LogP contribution >= 0.6 is 11.6 Å². The highest BCUT2D eigenvalue weighted by Gasteiger charge is 2.14. The predicted molar refractivity (Wildman–Crippen MR) is 76.0 cm³/mol. The van der Waals surface area contributed by atoms with Crippen molar-refractivity contribution in [2.24, 2.45) is 0 Å². The monoisotopic (exact) mass is 275 g/mol. The maximum absolute atomic E-state index is 12.1. The van der Waals surface area contributed by atoms with Crippen molar-refractivity contribution in [2.45, 2.75) is 13.0 Å². The maximum Gasteiger partial charge on any atom is 0.253 e. The Balaban J connectivity index is 2.15. The third kappa shape index (κ3) is 3.23. The average Bonchev–Trinajstić information content (AvgIpc) is 2.42. The number of anilines is 1. The van der Waals surface area contributed by atoms with Gasteiger partial charge in [-0.1, -0.05) is 17.7 Å². The van der Waals surface area contributed by atoms with Crippen molar-refractivity contribution in [3.8, 4) is 0 Å². The van der Waals surface area contributed by atoms with Crippen molar-refractivity contribution in [3.63, 3.8) is 0 Å². The normalized spacial score (nSPS) is 11.9. The van der Waals surface area contributed by atoms with Gasteiger partial charge in [-0.05, 0) is 37.3 Å². The number of carbonyl (C=O) groups excluding carboxylic acids is 1. The molecule has 4 nitrogen and oxygen atoms in total. The number of nitrogens with two attached hydrogens (primary N) is 1. The molecule has 98 valence electrons. The molecule has 3 N–H and O–H groups in total. The molecule has 1 heterocycles. The van der Waals surface area contributed by atoms with Crippen LogP contribution in [0.25, 0.3) is 0 Å². The summed E-state index contributed by atoms with van der Waals surface area (Å²) in [6.07, 6.45) is 1.69. The zero-order valence-corrected chi connectivity index (χ0v) is 11.2. The second-order valence-electron chi connectivity index (χ2n) is 4.19. The smallest absolute Gasteiger partial charge is 0.253 e. The fraction of sp³-hybridized carbons (Fsp3) is 0.143. The van der Waals surface area contributed by atoms with Gasteiger partial charge in [0.25, 0.3) is 5.91 Å². The van der Waals surface area contributed by atoms with Crippen LogP contribution in [0, 0.1) is 0 Å². The van der Waals surface area contributed by atoms with E-state index in [0.717, 1.165) is 5.69 Å². The van der Waals surface area contributed by atoms with Crippen molar-refractivity contribution in [2.75, 3.05) is 5.73 Å². The van der Waals surface area contributed by atoms with Crippen molar-refractivity contribution in [3.05, 3.63) is 58.9 Å². The third-order valence-electron chi connectivity index (χ3n) is 2.71. The van der Waals surface area contributed by atoms with Gasteiger partial charge < -0.3 is 11.1 Å². The fourth-order valence-corrected chi connectivity index (χ4v) is 1.90. The highest BCUT2D eigenvalue weighted by atomic mass is 35.5. The Bertz CT molecular complexity index is 586. The lowest BCUT2D eigenvalue weighted by atomic mass is 10.1. The van der Waals surface area contributed by atoms with Gasteiger partial charge in [-0.2, -0.15) is 0 Å². The lowest BCUT2D eigenvalue weighted by molar-refractivity contribution is 0.0939. The highest BCUT2D eigenvalue weighted by molar-refractivity contribution is 6.34. The number of pyridine rings is 1. The van der Waals surface area contributed by atoms with E-state index < -0.39 is 0 Å². The molecular weight excluding hydrogens is 262 g/mol. The number of hydrogen-bond acceptors (Lipinski definition) is 3. The van der Waals surface area contributed by atoms with Gasteiger partial charge in [0.2, 0.25) is 0 Å². The maximum atomic E-state index is 12.1. The van der Waals surface area contributed by atoms with Gasteiger partial charge >= 0.3 is 0 Å². The zero-order valence-electron chi connectivity index (χ0n) is 10.4. The lowest BCUT2D eigenvalue weighted by Gasteiger charge is -2.14. The Labute approximate surface area is 116 Å². The van der Waals surface area contributed by atoms with E-state index in [1.54, 1.807) is 24.4 Å². The summed E-state index contributed by atoms with van der Waals surface area (Å²) in [6, 6.07) is 10.2. The molecule has 1 aromatic carbocycles. The molecular formula is C14H14ClN3O. The first-order chi connectivity index (χ1) is 9.08. The summed E-state index contributed by atoms with van der Waals surface area (Å²) in [4.78, 5) is 16.3. The summed E-state index contributed by atoms with van der Waals surface area (Å²) < 4.78 is 0. The van der Waals surface area contributed by atoms with E-state index in [0.29, 0.717) is 16.3 Å². The van der Waals surface area contributed by atoms with E-state index in [2.05, 4.69) is 10.3 Å². The summed E-state index contributed by atoms with van der Waals surface area (Å²) in [6.45, 7) is 1.86. The number of hydrogen-bond donors (Lipinski definition) is 2. The minimum Gasteiger partial charge on any atom is -0.399 e. The van der Waals surface area contributed by atoms with Crippen molar-refractivity contribution >= 4 is 23.2 Å². The molecule has 1 atom stereocenters. The number of nitrogens with zero attached hydrogens (tertiary/aromatic N) is 1. The van der Waals surface area contributed by atoms with Crippen molar-refractivity contribution < 1.29 is 4.79 Å². The van der Waals surface area contributed by atoms with Crippen molar-refractivity contribution in [1.29, 1.82) is 0 Å². The van der Waals surface area contributed by atoms with Crippen LogP contribution < -0.4 is 11.1 Å². The number of halogens is 1. The fourth-order valence-electron chi connectivity index (χ4n) is 1.70. The SMILES string of the molecule is CC(NC(=O)c1cc(N)ccc1Cl)c1ccccn1. The summed E-state index contributed by atoms with van der Waals surface area (Å²) in [7, 11) is 0. The Morgan fingerprint density at radius 1 is 1.37 bits per heavy atom. The van der Waals surface area contributed by atoms with Gasteiger partial charge in [-0.15, -0.1) is 0 Å². The molecule has 1 unspecified atom stereocenters. The Hall–Kier alpha value is -2.07. The van der Waals surface area contributed by atoms with E-state index in [1.165, 1.54) is 0 Å². The Kier molecular flexibility index (Phi) is 4.02. The number of rotatable bonds is 3. The molecule has 0 aliphatic rings. The predicted octanol–water partition coefficient (Wildman–Crippen LogP) is 2.81. The van der Waals surface area contributed by atoms with Crippen LogP contribution in [0.1, 0.15) is 29.0 Å². The minimum absolute atomic E-state index is 0.203. The number of amides is 1. The van der Waals surface area contributed by atoms with Crippen LogP contribution in [0.3, 0.4) is 0 Å². The van der Waals surface area contributed by atoms with Gasteiger partial charge in [-0.3, -0.25) is 9.78 Å². The first kappa shape index (κ1) is 13.4. The number of carbonyl (C=O) groups is 1. The van der Waals surface area contributed by atoms with Crippen LogP contribution in [0.2, 0.25) is 5.02 Å². The minimum atomic E-state index is -0.268. The van der Waals surface area contributed by atoms with E-state index in [9.17, 15) is 4.79 Å². The Morgan fingerprint density at radius 3 is 2.84 bits per heavy atom. The van der Waals surface area contributed by atoms with Gasteiger partial charge in [0.1, 0.15) is 0 Å². The van der Waals surface area contributed by atoms with Gasteiger partial charge in [0.15, 0.2) is 0 Å². The molecule has 19 heavy (non-hydrogen) atoms. The molecule has 2 aromatic rings.